The summed E-state index contributed by atoms with van der Waals surface area (Å²) < 4.78 is 0. The second-order valence-electron chi connectivity index (χ2n) is 5.11. The van der Waals surface area contributed by atoms with Gasteiger partial charge < -0.3 is 11.1 Å². The van der Waals surface area contributed by atoms with Gasteiger partial charge in [0.05, 0.1) is 0 Å². The van der Waals surface area contributed by atoms with E-state index in [0.717, 1.165) is 5.56 Å². The Hall–Kier alpha value is -1.06. The molecule has 0 saturated heterocycles. The summed E-state index contributed by atoms with van der Waals surface area (Å²) in [7, 11) is 0. The number of carbonyl (C=O) groups is 1. The Morgan fingerprint density at radius 3 is 2.06 bits per heavy atom. The van der Waals surface area contributed by atoms with Crippen molar-refractivity contribution in [2.75, 3.05) is 0 Å². The molecule has 3 nitrogen and oxygen atoms in total. The summed E-state index contributed by atoms with van der Waals surface area (Å²) in [5.41, 5.74) is 7.23. The summed E-state index contributed by atoms with van der Waals surface area (Å²) in [6.07, 6.45) is 0. The van der Waals surface area contributed by atoms with E-state index in [1.807, 2.05) is 39.8 Å². The van der Waals surface area contributed by atoms with Crippen LogP contribution in [0.25, 0.3) is 0 Å². The normalized spacial score (nSPS) is 12.5. The maximum atomic E-state index is 11.8. The van der Waals surface area contributed by atoms with Crippen LogP contribution in [0.5, 0.6) is 0 Å². The van der Waals surface area contributed by atoms with Crippen molar-refractivity contribution in [1.82, 2.24) is 5.32 Å². The molecule has 1 aromatic rings. The van der Waals surface area contributed by atoms with Crippen molar-refractivity contribution in [3.8, 4) is 0 Å². The average molecular weight is 257 g/mol. The van der Waals surface area contributed by atoms with Crippen molar-refractivity contribution in [2.24, 2.45) is 5.73 Å². The Morgan fingerprint density at radius 1 is 1.24 bits per heavy atom. The molecular weight excluding hydrogens is 236 g/mol. The maximum absolute atomic E-state index is 11.8. The fourth-order valence-electron chi connectivity index (χ4n) is 1.35. The molecule has 0 aliphatic heterocycles. The molecule has 1 aromatic carbocycles. The van der Waals surface area contributed by atoms with Crippen molar-refractivity contribution in [2.45, 2.75) is 39.3 Å². The van der Waals surface area contributed by atoms with E-state index in [2.05, 4.69) is 5.32 Å². The highest BCUT2D eigenvalue weighted by Crippen LogP contribution is 2.11. The van der Waals surface area contributed by atoms with E-state index in [1.54, 1.807) is 12.1 Å². The van der Waals surface area contributed by atoms with Crippen molar-refractivity contribution < 1.29 is 4.79 Å². The van der Waals surface area contributed by atoms with Gasteiger partial charge in [0.2, 0.25) is 0 Å². The molecule has 1 amide bonds. The Morgan fingerprint density at radius 2 is 1.71 bits per heavy atom. The van der Waals surface area contributed by atoms with Crippen LogP contribution in [0.1, 0.15) is 49.7 Å². The van der Waals surface area contributed by atoms with Gasteiger partial charge in [-0.1, -0.05) is 12.1 Å². The summed E-state index contributed by atoms with van der Waals surface area (Å²) in [6, 6.07) is 7.39. The van der Waals surface area contributed by atoms with E-state index in [1.165, 1.54) is 0 Å². The molecule has 4 heteroatoms. The van der Waals surface area contributed by atoms with Gasteiger partial charge in [-0.2, -0.15) is 0 Å². The fraction of sp³-hybridized carbons (Fsp3) is 0.462. The van der Waals surface area contributed by atoms with Gasteiger partial charge >= 0.3 is 0 Å². The Balaban J connectivity index is 0.00000256. The van der Waals surface area contributed by atoms with Crippen LogP contribution in [0.2, 0.25) is 0 Å². The predicted octanol–water partition coefficient (Wildman–Crippen LogP) is 2.66. The lowest BCUT2D eigenvalue weighted by Crippen LogP contribution is -2.40. The van der Waals surface area contributed by atoms with Crippen LogP contribution in [0, 0.1) is 0 Å². The number of hydrogen-bond acceptors (Lipinski definition) is 2. The number of rotatable bonds is 2. The minimum Gasteiger partial charge on any atom is -0.347 e. The van der Waals surface area contributed by atoms with E-state index in [4.69, 9.17) is 5.73 Å². The van der Waals surface area contributed by atoms with Gasteiger partial charge in [-0.15, -0.1) is 12.4 Å². The average Bonchev–Trinajstić information content (AvgIpc) is 2.15. The van der Waals surface area contributed by atoms with Crippen LogP contribution in [0.3, 0.4) is 0 Å². The third-order valence-corrected chi connectivity index (χ3v) is 2.19. The minimum absolute atomic E-state index is 0. The molecule has 0 aliphatic carbocycles. The highest BCUT2D eigenvalue weighted by molar-refractivity contribution is 5.94. The van der Waals surface area contributed by atoms with E-state index in [0.29, 0.717) is 5.56 Å². The van der Waals surface area contributed by atoms with Crippen molar-refractivity contribution in [3.63, 3.8) is 0 Å². The van der Waals surface area contributed by atoms with Crippen LogP contribution in [0.4, 0.5) is 0 Å². The minimum atomic E-state index is -0.211. The third-order valence-electron chi connectivity index (χ3n) is 2.19. The quantitative estimate of drug-likeness (QED) is 0.855. The Labute approximate surface area is 109 Å². The van der Waals surface area contributed by atoms with Crippen molar-refractivity contribution >= 4 is 18.3 Å². The van der Waals surface area contributed by atoms with Gasteiger partial charge in [0.1, 0.15) is 0 Å². The SMILES string of the molecule is CC(N)c1ccc(C(=O)NC(C)(C)C)cc1.Cl. The number of nitrogens with one attached hydrogen (secondary N) is 1. The lowest BCUT2D eigenvalue weighted by atomic mass is 10.0. The number of halogens is 1. The van der Waals surface area contributed by atoms with Crippen molar-refractivity contribution in [1.29, 1.82) is 0 Å². The maximum Gasteiger partial charge on any atom is 0.251 e. The van der Waals surface area contributed by atoms with Crippen molar-refractivity contribution in [3.05, 3.63) is 35.4 Å². The molecule has 3 N–H and O–H groups in total. The molecule has 0 aromatic heterocycles. The molecule has 1 unspecified atom stereocenters. The summed E-state index contributed by atoms with van der Waals surface area (Å²) in [6.45, 7) is 7.80. The van der Waals surface area contributed by atoms with Crippen LogP contribution >= 0.6 is 12.4 Å². The van der Waals surface area contributed by atoms with Crippen LogP contribution < -0.4 is 11.1 Å². The lowest BCUT2D eigenvalue weighted by molar-refractivity contribution is 0.0919. The van der Waals surface area contributed by atoms with Gasteiger partial charge in [0.25, 0.3) is 5.91 Å². The lowest BCUT2D eigenvalue weighted by Gasteiger charge is -2.20. The molecule has 1 rings (SSSR count). The molecule has 0 aliphatic rings. The largest absolute Gasteiger partial charge is 0.347 e. The summed E-state index contributed by atoms with van der Waals surface area (Å²) in [4.78, 5) is 11.8. The van der Waals surface area contributed by atoms with Gasteiger partial charge in [-0.25, -0.2) is 0 Å². The number of amides is 1. The fourth-order valence-corrected chi connectivity index (χ4v) is 1.35. The molecule has 1 atom stereocenters. The second-order valence-corrected chi connectivity index (χ2v) is 5.11. The summed E-state index contributed by atoms with van der Waals surface area (Å²) >= 11 is 0. The Kier molecular flexibility index (Phi) is 5.66. The third kappa shape index (κ3) is 5.20. The number of benzene rings is 1. The van der Waals surface area contributed by atoms with Crippen LogP contribution in [0.15, 0.2) is 24.3 Å². The zero-order valence-electron chi connectivity index (χ0n) is 10.8. The molecule has 0 saturated carbocycles. The number of carbonyl (C=O) groups excluding carboxylic acids is 1. The van der Waals surface area contributed by atoms with Crippen LogP contribution in [-0.4, -0.2) is 11.4 Å². The zero-order chi connectivity index (χ0) is 12.3. The van der Waals surface area contributed by atoms with E-state index < -0.39 is 0 Å². The van der Waals surface area contributed by atoms with E-state index in [9.17, 15) is 4.79 Å². The molecule has 96 valence electrons. The highest BCUT2D eigenvalue weighted by Gasteiger charge is 2.15. The second kappa shape index (κ2) is 6.03. The molecule has 0 fully saturated rings. The first-order chi connectivity index (χ1) is 7.29. The first-order valence-electron chi connectivity index (χ1n) is 5.47. The molecule has 0 spiro atoms. The standard InChI is InChI=1S/C13H20N2O.ClH/c1-9(14)10-5-7-11(8-6-10)12(16)15-13(2,3)4;/h5-9H,14H2,1-4H3,(H,15,16);1H. The Bertz CT molecular complexity index is 366. The molecule has 0 heterocycles. The molecule has 0 radical (unpaired) electrons. The van der Waals surface area contributed by atoms with E-state index >= 15 is 0 Å². The smallest absolute Gasteiger partial charge is 0.251 e. The first-order valence-corrected chi connectivity index (χ1v) is 5.47. The zero-order valence-corrected chi connectivity index (χ0v) is 11.6. The summed E-state index contributed by atoms with van der Waals surface area (Å²) in [5, 5.41) is 2.91. The molecule has 17 heavy (non-hydrogen) atoms. The van der Waals surface area contributed by atoms with Gasteiger partial charge in [-0.3, -0.25) is 4.79 Å². The summed E-state index contributed by atoms with van der Waals surface area (Å²) in [5.74, 6) is -0.0521. The van der Waals surface area contributed by atoms with E-state index in [-0.39, 0.29) is 29.9 Å². The topological polar surface area (TPSA) is 55.1 Å². The monoisotopic (exact) mass is 256 g/mol. The first kappa shape index (κ1) is 15.9. The van der Waals surface area contributed by atoms with Gasteiger partial charge in [0, 0.05) is 17.1 Å². The molecule has 0 bridgehead atoms. The van der Waals surface area contributed by atoms with Gasteiger partial charge in [0.15, 0.2) is 0 Å². The highest BCUT2D eigenvalue weighted by atomic mass is 35.5. The molecular formula is C13H21ClN2O. The number of hydrogen-bond donors (Lipinski definition) is 2. The number of nitrogens with two attached hydrogens (primary N) is 1. The van der Waals surface area contributed by atoms with Gasteiger partial charge in [-0.05, 0) is 45.4 Å². The van der Waals surface area contributed by atoms with Crippen LogP contribution in [-0.2, 0) is 0 Å². The predicted molar refractivity (Wildman–Crippen MR) is 73.5 cm³/mol.